The Hall–Kier alpha value is -3.47. The van der Waals surface area contributed by atoms with Gasteiger partial charge >= 0.3 is 0 Å². The van der Waals surface area contributed by atoms with Gasteiger partial charge in [0.1, 0.15) is 11.7 Å². The summed E-state index contributed by atoms with van der Waals surface area (Å²) >= 11 is 0. The number of benzene rings is 2. The lowest BCUT2D eigenvalue weighted by atomic mass is 10.0. The van der Waals surface area contributed by atoms with Gasteiger partial charge in [0.05, 0.1) is 6.07 Å². The van der Waals surface area contributed by atoms with Crippen molar-refractivity contribution in [2.24, 2.45) is 5.92 Å². The first-order chi connectivity index (χ1) is 16.1. The largest absolute Gasteiger partial charge is 0.381 e. The van der Waals surface area contributed by atoms with Crippen LogP contribution in [0.4, 0.5) is 0 Å². The maximum Gasteiger partial charge on any atom is 0.252 e. The topological polar surface area (TPSA) is 100 Å². The second-order valence-corrected chi connectivity index (χ2v) is 8.37. The summed E-state index contributed by atoms with van der Waals surface area (Å²) in [5.74, 6) is 1.07. The number of hydrogen-bond donors (Lipinski definition) is 2. The first kappa shape index (κ1) is 22.7. The van der Waals surface area contributed by atoms with Gasteiger partial charge in [0.2, 0.25) is 0 Å². The Labute approximate surface area is 193 Å². The Morgan fingerprint density at radius 2 is 1.94 bits per heavy atom. The number of nitrogens with zero attached hydrogens (tertiary/aromatic N) is 2. The number of hydrogen-bond acceptors (Lipinski definition) is 6. The summed E-state index contributed by atoms with van der Waals surface area (Å²) in [6.07, 6.45) is 2.26. The van der Waals surface area contributed by atoms with Crippen LogP contribution in [-0.2, 0) is 11.3 Å². The van der Waals surface area contributed by atoms with Gasteiger partial charge in [0.15, 0.2) is 5.76 Å². The standard InChI is InChI=1S/C26H28N4O3/c1-18(15-27)29-26(31)23-4-2-3-22(13-23)24-14-25(33-30-24)21-7-5-19(6-8-21)16-28-17-20-9-11-32-12-10-20/h2-8,13-14,18,20,28H,9-12,16-17H2,1H3,(H,29,31). The molecule has 1 atom stereocenters. The van der Waals surface area contributed by atoms with E-state index < -0.39 is 6.04 Å². The highest BCUT2D eigenvalue weighted by molar-refractivity contribution is 5.95. The zero-order valence-electron chi connectivity index (χ0n) is 18.7. The van der Waals surface area contributed by atoms with Crippen LogP contribution in [0.1, 0.15) is 35.7 Å². The SMILES string of the molecule is CC(C#N)NC(=O)c1cccc(-c2cc(-c3ccc(CNCC4CCOCC4)cc3)on2)c1. The molecule has 1 amide bonds. The Morgan fingerprint density at radius 3 is 2.70 bits per heavy atom. The van der Waals surface area contributed by atoms with Crippen molar-refractivity contribution >= 4 is 5.91 Å². The van der Waals surface area contributed by atoms with Gasteiger partial charge < -0.3 is 19.9 Å². The smallest absolute Gasteiger partial charge is 0.252 e. The van der Waals surface area contributed by atoms with Gasteiger partial charge in [0.25, 0.3) is 5.91 Å². The molecule has 1 aromatic heterocycles. The average molecular weight is 445 g/mol. The van der Waals surface area contributed by atoms with E-state index >= 15 is 0 Å². The summed E-state index contributed by atoms with van der Waals surface area (Å²) in [6.45, 7) is 5.23. The molecule has 1 aliphatic heterocycles. The predicted molar refractivity (Wildman–Crippen MR) is 125 cm³/mol. The summed E-state index contributed by atoms with van der Waals surface area (Å²) in [4.78, 5) is 12.3. The number of carbonyl (C=O) groups excluding carboxylic acids is 1. The fraction of sp³-hybridized carbons (Fsp3) is 0.346. The molecule has 1 saturated heterocycles. The monoisotopic (exact) mass is 444 g/mol. The molecule has 7 heteroatoms. The minimum atomic E-state index is -0.556. The molecule has 1 aliphatic rings. The zero-order chi connectivity index (χ0) is 23.0. The lowest BCUT2D eigenvalue weighted by Crippen LogP contribution is -2.31. The van der Waals surface area contributed by atoms with Crippen molar-refractivity contribution in [2.75, 3.05) is 19.8 Å². The van der Waals surface area contributed by atoms with E-state index in [-0.39, 0.29) is 5.91 Å². The van der Waals surface area contributed by atoms with Gasteiger partial charge in [-0.15, -0.1) is 0 Å². The van der Waals surface area contributed by atoms with E-state index in [2.05, 4.69) is 27.9 Å². The van der Waals surface area contributed by atoms with Crippen LogP contribution >= 0.6 is 0 Å². The summed E-state index contributed by atoms with van der Waals surface area (Å²) in [7, 11) is 0. The van der Waals surface area contributed by atoms with Crippen LogP contribution in [0.25, 0.3) is 22.6 Å². The number of amides is 1. The van der Waals surface area contributed by atoms with Crippen molar-refractivity contribution < 1.29 is 14.1 Å². The Balaban J connectivity index is 1.37. The molecule has 0 bridgehead atoms. The lowest BCUT2D eigenvalue weighted by molar-refractivity contribution is 0.0662. The van der Waals surface area contributed by atoms with E-state index in [0.29, 0.717) is 22.9 Å². The maximum atomic E-state index is 12.3. The summed E-state index contributed by atoms with van der Waals surface area (Å²) in [5, 5.41) is 19.3. The fourth-order valence-electron chi connectivity index (χ4n) is 3.84. The Kier molecular flexibility index (Phi) is 7.51. The zero-order valence-corrected chi connectivity index (χ0v) is 18.7. The van der Waals surface area contributed by atoms with Crippen LogP contribution in [0.2, 0.25) is 0 Å². The molecule has 0 saturated carbocycles. The summed E-state index contributed by atoms with van der Waals surface area (Å²) in [6, 6.07) is 18.7. The average Bonchev–Trinajstić information content (AvgIpc) is 3.35. The van der Waals surface area contributed by atoms with E-state index in [9.17, 15) is 4.79 Å². The molecule has 7 nitrogen and oxygen atoms in total. The first-order valence-corrected chi connectivity index (χ1v) is 11.3. The predicted octanol–water partition coefficient (Wildman–Crippen LogP) is 4.17. The first-order valence-electron chi connectivity index (χ1n) is 11.3. The van der Waals surface area contributed by atoms with Crippen molar-refractivity contribution in [1.82, 2.24) is 15.8 Å². The minimum Gasteiger partial charge on any atom is -0.381 e. The van der Waals surface area contributed by atoms with Crippen LogP contribution in [0.15, 0.2) is 59.1 Å². The van der Waals surface area contributed by atoms with Gasteiger partial charge in [-0.3, -0.25) is 4.79 Å². The molecular formula is C26H28N4O3. The minimum absolute atomic E-state index is 0.296. The number of nitriles is 1. The van der Waals surface area contributed by atoms with Crippen LogP contribution in [-0.4, -0.2) is 36.9 Å². The molecule has 1 unspecified atom stereocenters. The molecule has 0 radical (unpaired) electrons. The van der Waals surface area contributed by atoms with E-state index in [1.165, 1.54) is 5.56 Å². The molecule has 3 aromatic rings. The molecule has 2 N–H and O–H groups in total. The van der Waals surface area contributed by atoms with Gasteiger partial charge in [-0.05, 0) is 49.9 Å². The van der Waals surface area contributed by atoms with Crippen LogP contribution in [0, 0.1) is 17.2 Å². The molecule has 170 valence electrons. The lowest BCUT2D eigenvalue weighted by Gasteiger charge is -2.22. The quantitative estimate of drug-likeness (QED) is 0.541. The third-order valence-corrected chi connectivity index (χ3v) is 5.81. The van der Waals surface area contributed by atoms with Crippen LogP contribution in [0.3, 0.4) is 0 Å². The molecule has 2 heterocycles. The van der Waals surface area contributed by atoms with E-state index in [1.807, 2.05) is 30.3 Å². The molecule has 1 fully saturated rings. The molecule has 4 rings (SSSR count). The number of ether oxygens (including phenoxy) is 1. The molecule has 2 aromatic carbocycles. The number of carbonyl (C=O) groups is 1. The van der Waals surface area contributed by atoms with Crippen LogP contribution < -0.4 is 10.6 Å². The van der Waals surface area contributed by atoms with E-state index in [1.54, 1.807) is 25.1 Å². The van der Waals surface area contributed by atoms with Crippen LogP contribution in [0.5, 0.6) is 0 Å². The van der Waals surface area contributed by atoms with Gasteiger partial charge in [-0.25, -0.2) is 0 Å². The highest BCUT2D eigenvalue weighted by Crippen LogP contribution is 2.27. The normalized spacial score (nSPS) is 15.0. The Morgan fingerprint density at radius 1 is 1.15 bits per heavy atom. The number of aromatic nitrogens is 1. The van der Waals surface area contributed by atoms with E-state index in [4.69, 9.17) is 14.5 Å². The van der Waals surface area contributed by atoms with E-state index in [0.717, 1.165) is 50.3 Å². The molecule has 33 heavy (non-hydrogen) atoms. The number of nitrogens with one attached hydrogen (secondary N) is 2. The third-order valence-electron chi connectivity index (χ3n) is 5.81. The van der Waals surface area contributed by atoms with Crippen molar-refractivity contribution in [3.05, 3.63) is 65.7 Å². The Bertz CT molecular complexity index is 1110. The van der Waals surface area contributed by atoms with Gasteiger partial charge in [0, 0.05) is 42.5 Å². The van der Waals surface area contributed by atoms with Crippen molar-refractivity contribution in [3.63, 3.8) is 0 Å². The van der Waals surface area contributed by atoms with Gasteiger partial charge in [-0.2, -0.15) is 5.26 Å². The third kappa shape index (κ3) is 6.07. The summed E-state index contributed by atoms with van der Waals surface area (Å²) in [5.41, 5.74) is 4.05. The highest BCUT2D eigenvalue weighted by Gasteiger charge is 2.14. The fourth-order valence-corrected chi connectivity index (χ4v) is 3.84. The van der Waals surface area contributed by atoms with Gasteiger partial charge in [-0.1, -0.05) is 41.6 Å². The van der Waals surface area contributed by atoms with Crippen molar-refractivity contribution in [1.29, 1.82) is 5.26 Å². The molecule has 0 aliphatic carbocycles. The highest BCUT2D eigenvalue weighted by atomic mass is 16.5. The van der Waals surface area contributed by atoms with Crippen molar-refractivity contribution in [3.8, 4) is 28.7 Å². The summed E-state index contributed by atoms with van der Waals surface area (Å²) < 4.78 is 11.0. The van der Waals surface area contributed by atoms with Crippen molar-refractivity contribution in [2.45, 2.75) is 32.4 Å². The second-order valence-electron chi connectivity index (χ2n) is 8.37. The number of rotatable bonds is 8. The maximum absolute atomic E-state index is 12.3. The second kappa shape index (κ2) is 10.9. The molecule has 0 spiro atoms. The molecular weight excluding hydrogens is 416 g/mol.